The number of rotatable bonds is 8. The van der Waals surface area contributed by atoms with E-state index in [4.69, 9.17) is 0 Å². The molecule has 138 valence electrons. The van der Waals surface area contributed by atoms with Crippen molar-refractivity contribution in [1.82, 2.24) is 10.3 Å². The lowest BCUT2D eigenvalue weighted by Gasteiger charge is -2.14. The average Bonchev–Trinajstić information content (AvgIpc) is 2.65. The Hall–Kier alpha value is -1.90. The van der Waals surface area contributed by atoms with Gasteiger partial charge in [0.05, 0.1) is 0 Å². The van der Waals surface area contributed by atoms with Gasteiger partial charge in [0.2, 0.25) is 0 Å². The summed E-state index contributed by atoms with van der Waals surface area (Å²) in [5, 5.41) is 6.20. The fraction of sp³-hybridized carbons (Fsp3) is 0.348. The van der Waals surface area contributed by atoms with Crippen molar-refractivity contribution in [1.29, 1.82) is 0 Å². The summed E-state index contributed by atoms with van der Waals surface area (Å²) >= 11 is 0. The van der Waals surface area contributed by atoms with Gasteiger partial charge in [0, 0.05) is 30.4 Å². The minimum Gasteiger partial charge on any atom is -0.310 e. The zero-order chi connectivity index (χ0) is 17.5. The fourth-order valence-corrected chi connectivity index (χ4v) is 3.28. The summed E-state index contributed by atoms with van der Waals surface area (Å²) in [6, 6.07) is 18.0. The molecule has 1 heterocycles. The lowest BCUT2D eigenvalue weighted by Crippen LogP contribution is -2.25. The van der Waals surface area contributed by atoms with Crippen molar-refractivity contribution in [3.05, 3.63) is 77.6 Å². The average molecular weight is 369 g/mol. The van der Waals surface area contributed by atoms with E-state index in [1.807, 2.05) is 12.4 Å². The Morgan fingerprint density at radius 1 is 0.962 bits per heavy atom. The van der Waals surface area contributed by atoms with Crippen LogP contribution in [0.4, 0.5) is 0 Å². The SMILES string of the molecule is Cc1cncc2ccc(CN[C@H](C)CCCCc3ccccc3)cc12.Cl. The molecule has 0 bridgehead atoms. The number of aryl methyl sites for hydroxylation is 2. The van der Waals surface area contributed by atoms with E-state index in [-0.39, 0.29) is 12.4 Å². The van der Waals surface area contributed by atoms with Crippen molar-refractivity contribution in [2.24, 2.45) is 0 Å². The Kier molecular flexibility index (Phi) is 8.08. The molecule has 1 aromatic heterocycles. The first-order valence-electron chi connectivity index (χ1n) is 9.33. The molecule has 3 aromatic rings. The highest BCUT2D eigenvalue weighted by molar-refractivity contribution is 5.85. The van der Waals surface area contributed by atoms with Crippen LogP contribution in [0.3, 0.4) is 0 Å². The maximum Gasteiger partial charge on any atom is 0.0346 e. The maximum atomic E-state index is 4.26. The molecule has 0 spiro atoms. The molecule has 2 nitrogen and oxygen atoms in total. The third-order valence-corrected chi connectivity index (χ3v) is 4.87. The Bertz CT molecular complexity index is 802. The minimum atomic E-state index is 0. The van der Waals surface area contributed by atoms with Gasteiger partial charge in [-0.2, -0.15) is 0 Å². The van der Waals surface area contributed by atoms with Crippen molar-refractivity contribution < 1.29 is 0 Å². The predicted molar refractivity (Wildman–Crippen MR) is 114 cm³/mol. The second-order valence-corrected chi connectivity index (χ2v) is 7.03. The van der Waals surface area contributed by atoms with Crippen molar-refractivity contribution in [3.8, 4) is 0 Å². The Balaban J connectivity index is 0.00000243. The minimum absolute atomic E-state index is 0. The lowest BCUT2D eigenvalue weighted by atomic mass is 10.0. The molecule has 0 aliphatic heterocycles. The number of hydrogen-bond acceptors (Lipinski definition) is 2. The maximum absolute atomic E-state index is 4.26. The van der Waals surface area contributed by atoms with E-state index in [0.29, 0.717) is 6.04 Å². The van der Waals surface area contributed by atoms with Crippen molar-refractivity contribution in [3.63, 3.8) is 0 Å². The van der Waals surface area contributed by atoms with E-state index < -0.39 is 0 Å². The summed E-state index contributed by atoms with van der Waals surface area (Å²) in [4.78, 5) is 4.26. The summed E-state index contributed by atoms with van der Waals surface area (Å²) < 4.78 is 0. The molecule has 0 aliphatic carbocycles. The van der Waals surface area contributed by atoms with E-state index in [1.54, 1.807) is 0 Å². The van der Waals surface area contributed by atoms with Crippen LogP contribution < -0.4 is 5.32 Å². The van der Waals surface area contributed by atoms with Crippen LogP contribution in [-0.4, -0.2) is 11.0 Å². The topological polar surface area (TPSA) is 24.9 Å². The van der Waals surface area contributed by atoms with Crippen molar-refractivity contribution >= 4 is 23.2 Å². The molecule has 0 radical (unpaired) electrons. The summed E-state index contributed by atoms with van der Waals surface area (Å²) in [7, 11) is 0. The number of halogens is 1. The number of unbranched alkanes of at least 4 members (excludes halogenated alkanes) is 1. The van der Waals surface area contributed by atoms with Crippen LogP contribution in [0.25, 0.3) is 10.8 Å². The van der Waals surface area contributed by atoms with Gasteiger partial charge >= 0.3 is 0 Å². The highest BCUT2D eigenvalue weighted by atomic mass is 35.5. The number of hydrogen-bond donors (Lipinski definition) is 1. The standard InChI is InChI=1S/C23H28N2.ClH/c1-18-15-24-17-22-13-12-21(14-23(18)22)16-25-19(2)8-6-7-11-20-9-4-3-5-10-20;/h3-5,9-10,12-15,17,19,25H,6-8,11,16H2,1-2H3;1H/t19-;/m1./s1. The first-order valence-corrected chi connectivity index (χ1v) is 9.33. The lowest BCUT2D eigenvalue weighted by molar-refractivity contribution is 0.489. The van der Waals surface area contributed by atoms with E-state index >= 15 is 0 Å². The quantitative estimate of drug-likeness (QED) is 0.504. The molecule has 3 rings (SSSR count). The zero-order valence-electron chi connectivity index (χ0n) is 15.7. The van der Waals surface area contributed by atoms with Gasteiger partial charge in [-0.3, -0.25) is 4.98 Å². The molecule has 3 heteroatoms. The summed E-state index contributed by atoms with van der Waals surface area (Å²) in [5.74, 6) is 0. The van der Waals surface area contributed by atoms with E-state index in [1.165, 1.54) is 53.1 Å². The van der Waals surface area contributed by atoms with Crippen molar-refractivity contribution in [2.45, 2.75) is 52.1 Å². The van der Waals surface area contributed by atoms with Gasteiger partial charge in [0.1, 0.15) is 0 Å². The van der Waals surface area contributed by atoms with Gasteiger partial charge in [0.15, 0.2) is 0 Å². The number of pyridine rings is 1. The number of nitrogens with zero attached hydrogens (tertiary/aromatic N) is 1. The highest BCUT2D eigenvalue weighted by Crippen LogP contribution is 2.18. The molecule has 26 heavy (non-hydrogen) atoms. The van der Waals surface area contributed by atoms with E-state index in [9.17, 15) is 0 Å². The van der Waals surface area contributed by atoms with Gasteiger partial charge in [-0.1, -0.05) is 48.9 Å². The molecule has 0 amide bonds. The number of nitrogens with one attached hydrogen (secondary N) is 1. The molecule has 1 N–H and O–H groups in total. The van der Waals surface area contributed by atoms with E-state index in [0.717, 1.165) is 6.54 Å². The molecule has 0 fully saturated rings. The molecule has 1 atom stereocenters. The van der Waals surface area contributed by atoms with Crippen LogP contribution in [0.1, 0.15) is 42.9 Å². The Labute approximate surface area is 163 Å². The second-order valence-electron chi connectivity index (χ2n) is 7.03. The van der Waals surface area contributed by atoms with Gasteiger partial charge in [0.25, 0.3) is 0 Å². The summed E-state index contributed by atoms with van der Waals surface area (Å²) in [5.41, 5.74) is 4.04. The first-order chi connectivity index (χ1) is 12.2. The van der Waals surface area contributed by atoms with Crippen molar-refractivity contribution in [2.75, 3.05) is 0 Å². The van der Waals surface area contributed by atoms with Gasteiger partial charge in [-0.05, 0) is 61.3 Å². The van der Waals surface area contributed by atoms with Crippen LogP contribution >= 0.6 is 12.4 Å². The Morgan fingerprint density at radius 3 is 2.58 bits per heavy atom. The smallest absolute Gasteiger partial charge is 0.0346 e. The molecular formula is C23H29ClN2. The number of fused-ring (bicyclic) bond motifs is 1. The number of benzene rings is 2. The molecule has 0 saturated heterocycles. The van der Waals surface area contributed by atoms with E-state index in [2.05, 4.69) is 72.7 Å². The van der Waals surface area contributed by atoms with Crippen LogP contribution in [0.2, 0.25) is 0 Å². The second kappa shape index (κ2) is 10.3. The fourth-order valence-electron chi connectivity index (χ4n) is 3.28. The largest absolute Gasteiger partial charge is 0.310 e. The molecular weight excluding hydrogens is 340 g/mol. The summed E-state index contributed by atoms with van der Waals surface area (Å²) in [6.45, 7) is 5.35. The third-order valence-electron chi connectivity index (χ3n) is 4.87. The molecule has 2 aromatic carbocycles. The normalized spacial score (nSPS) is 11.9. The first kappa shape index (κ1) is 20.4. The zero-order valence-corrected chi connectivity index (χ0v) is 16.6. The third kappa shape index (κ3) is 5.82. The number of aromatic nitrogens is 1. The van der Waals surface area contributed by atoms with Gasteiger partial charge < -0.3 is 5.32 Å². The molecule has 0 saturated carbocycles. The Morgan fingerprint density at radius 2 is 1.77 bits per heavy atom. The van der Waals surface area contributed by atoms with Crippen LogP contribution in [0.15, 0.2) is 60.9 Å². The van der Waals surface area contributed by atoms with Crippen LogP contribution in [-0.2, 0) is 13.0 Å². The monoisotopic (exact) mass is 368 g/mol. The predicted octanol–water partition coefficient (Wildman–Crippen LogP) is 5.86. The summed E-state index contributed by atoms with van der Waals surface area (Å²) in [6.07, 6.45) is 8.82. The van der Waals surface area contributed by atoms with Crippen LogP contribution in [0.5, 0.6) is 0 Å². The molecule has 0 unspecified atom stereocenters. The highest BCUT2D eigenvalue weighted by Gasteiger charge is 2.04. The van der Waals surface area contributed by atoms with Gasteiger partial charge in [-0.25, -0.2) is 0 Å². The molecule has 0 aliphatic rings. The van der Waals surface area contributed by atoms with Gasteiger partial charge in [-0.15, -0.1) is 12.4 Å². The van der Waals surface area contributed by atoms with Crippen LogP contribution in [0, 0.1) is 6.92 Å².